The molecule has 0 spiro atoms. The summed E-state index contributed by atoms with van der Waals surface area (Å²) >= 11 is 0. The van der Waals surface area contributed by atoms with Crippen LogP contribution in [0.1, 0.15) is 16.8 Å². The Labute approximate surface area is 134 Å². The van der Waals surface area contributed by atoms with Crippen LogP contribution in [-0.4, -0.2) is 31.9 Å². The minimum absolute atomic E-state index is 0.0665. The van der Waals surface area contributed by atoms with Crippen molar-refractivity contribution in [1.29, 1.82) is 0 Å². The molecule has 1 aliphatic rings. The molecule has 0 radical (unpaired) electrons. The van der Waals surface area contributed by atoms with Gasteiger partial charge < -0.3 is 4.90 Å². The largest absolute Gasteiger partial charge is 0.304 e. The third-order valence-electron chi connectivity index (χ3n) is 3.92. The molecule has 0 aliphatic carbocycles. The van der Waals surface area contributed by atoms with Crippen molar-refractivity contribution in [3.8, 4) is 0 Å². The van der Waals surface area contributed by atoms with E-state index in [1.54, 1.807) is 30.3 Å². The monoisotopic (exact) mass is 333 g/mol. The zero-order valence-corrected chi connectivity index (χ0v) is 13.2. The molecule has 0 N–H and O–H groups in total. The molecule has 23 heavy (non-hydrogen) atoms. The third-order valence-corrected chi connectivity index (χ3v) is 5.67. The lowest BCUT2D eigenvalue weighted by molar-refractivity contribution is 0.0979. The summed E-state index contributed by atoms with van der Waals surface area (Å²) in [4.78, 5) is 14.3. The average Bonchev–Trinajstić information content (AvgIpc) is 2.90. The highest BCUT2D eigenvalue weighted by Gasteiger charge is 2.35. The minimum atomic E-state index is -3.14. The molecular weight excluding hydrogens is 317 g/mol. The Bertz CT molecular complexity index is 803. The summed E-state index contributed by atoms with van der Waals surface area (Å²) in [6.45, 7) is 0. The number of benzene rings is 2. The molecule has 3 rings (SSSR count). The fourth-order valence-corrected chi connectivity index (χ4v) is 4.49. The average molecular weight is 333 g/mol. The predicted molar refractivity (Wildman–Crippen MR) is 86.7 cm³/mol. The van der Waals surface area contributed by atoms with E-state index in [1.165, 1.54) is 29.2 Å². The van der Waals surface area contributed by atoms with Crippen LogP contribution in [0.3, 0.4) is 0 Å². The first-order chi connectivity index (χ1) is 11.0. The molecule has 2 aromatic rings. The standard InChI is InChI=1S/C17H16FNO3S/c18-14-6-8-15(9-7-14)19(16-10-11-23(21,22)12-16)17(20)13-4-2-1-3-5-13/h1-9,16H,10-12H2. The molecule has 1 aliphatic heterocycles. The fourth-order valence-electron chi connectivity index (χ4n) is 2.79. The summed E-state index contributed by atoms with van der Waals surface area (Å²) in [7, 11) is -3.14. The van der Waals surface area contributed by atoms with Crippen LogP contribution >= 0.6 is 0 Å². The van der Waals surface area contributed by atoms with Crippen molar-refractivity contribution >= 4 is 21.4 Å². The molecule has 1 saturated heterocycles. The summed E-state index contributed by atoms with van der Waals surface area (Å²) in [5.41, 5.74) is 0.975. The number of hydrogen-bond acceptors (Lipinski definition) is 3. The van der Waals surface area contributed by atoms with Crippen molar-refractivity contribution in [2.24, 2.45) is 0 Å². The van der Waals surface area contributed by atoms with E-state index in [2.05, 4.69) is 0 Å². The van der Waals surface area contributed by atoms with Gasteiger partial charge in [-0.1, -0.05) is 18.2 Å². The Hall–Kier alpha value is -2.21. The summed E-state index contributed by atoms with van der Waals surface area (Å²) in [5, 5.41) is 0. The number of carbonyl (C=O) groups is 1. The Morgan fingerprint density at radius 3 is 2.26 bits per heavy atom. The van der Waals surface area contributed by atoms with Gasteiger partial charge in [-0.2, -0.15) is 0 Å². The van der Waals surface area contributed by atoms with Gasteiger partial charge in [0.15, 0.2) is 9.84 Å². The normalized spacial score (nSPS) is 19.4. The zero-order valence-electron chi connectivity index (χ0n) is 12.4. The first kappa shape index (κ1) is 15.7. The second-order valence-corrected chi connectivity index (χ2v) is 7.80. The molecule has 1 fully saturated rings. The van der Waals surface area contributed by atoms with Gasteiger partial charge in [-0.25, -0.2) is 12.8 Å². The van der Waals surface area contributed by atoms with Gasteiger partial charge in [0.2, 0.25) is 0 Å². The molecule has 0 aromatic heterocycles. The highest BCUT2D eigenvalue weighted by Crippen LogP contribution is 2.26. The van der Waals surface area contributed by atoms with Gasteiger partial charge in [0.05, 0.1) is 17.5 Å². The molecule has 0 bridgehead atoms. The number of halogens is 1. The molecule has 6 heteroatoms. The second kappa shape index (κ2) is 6.12. The zero-order chi connectivity index (χ0) is 16.4. The summed E-state index contributed by atoms with van der Waals surface area (Å²) in [6, 6.07) is 13.8. The van der Waals surface area contributed by atoms with Crippen molar-refractivity contribution in [2.75, 3.05) is 16.4 Å². The lowest BCUT2D eigenvalue weighted by atomic mass is 10.1. The highest BCUT2D eigenvalue weighted by atomic mass is 32.2. The van der Waals surface area contributed by atoms with E-state index < -0.39 is 21.7 Å². The predicted octanol–water partition coefficient (Wildman–Crippen LogP) is 2.66. The van der Waals surface area contributed by atoms with Crippen LogP contribution in [0.4, 0.5) is 10.1 Å². The van der Waals surface area contributed by atoms with E-state index >= 15 is 0 Å². The number of hydrogen-bond donors (Lipinski definition) is 0. The Balaban J connectivity index is 2.00. The maximum absolute atomic E-state index is 13.2. The Morgan fingerprint density at radius 1 is 1.04 bits per heavy atom. The Kier molecular flexibility index (Phi) is 4.17. The van der Waals surface area contributed by atoms with Gasteiger partial charge in [-0.3, -0.25) is 4.79 Å². The van der Waals surface area contributed by atoms with E-state index in [4.69, 9.17) is 0 Å². The van der Waals surface area contributed by atoms with Crippen LogP contribution in [0.2, 0.25) is 0 Å². The van der Waals surface area contributed by atoms with Crippen LogP contribution in [0.15, 0.2) is 54.6 Å². The van der Waals surface area contributed by atoms with Gasteiger partial charge in [0.25, 0.3) is 5.91 Å². The molecule has 1 heterocycles. The maximum atomic E-state index is 13.2. The molecular formula is C17H16FNO3S. The van der Waals surface area contributed by atoms with Gasteiger partial charge in [0.1, 0.15) is 5.82 Å². The van der Waals surface area contributed by atoms with Gasteiger partial charge in [0, 0.05) is 11.3 Å². The third kappa shape index (κ3) is 3.42. The molecule has 0 saturated carbocycles. The fraction of sp³-hybridized carbons (Fsp3) is 0.235. The number of carbonyl (C=O) groups excluding carboxylic acids is 1. The van der Waals surface area contributed by atoms with Crippen LogP contribution in [0.5, 0.6) is 0 Å². The van der Waals surface area contributed by atoms with Crippen molar-refractivity contribution in [3.05, 3.63) is 66.0 Å². The van der Waals surface area contributed by atoms with E-state index in [1.807, 2.05) is 0 Å². The van der Waals surface area contributed by atoms with Crippen LogP contribution < -0.4 is 4.90 Å². The lowest BCUT2D eigenvalue weighted by Gasteiger charge is -2.28. The smallest absolute Gasteiger partial charge is 0.258 e. The topological polar surface area (TPSA) is 54.5 Å². The minimum Gasteiger partial charge on any atom is -0.304 e. The SMILES string of the molecule is O=C(c1ccccc1)N(c1ccc(F)cc1)C1CCS(=O)(=O)C1. The van der Waals surface area contributed by atoms with Crippen LogP contribution in [-0.2, 0) is 9.84 Å². The highest BCUT2D eigenvalue weighted by molar-refractivity contribution is 7.91. The van der Waals surface area contributed by atoms with E-state index in [9.17, 15) is 17.6 Å². The number of rotatable bonds is 3. The van der Waals surface area contributed by atoms with E-state index in [0.29, 0.717) is 17.7 Å². The molecule has 1 atom stereocenters. The van der Waals surface area contributed by atoms with Crippen molar-refractivity contribution in [3.63, 3.8) is 0 Å². The van der Waals surface area contributed by atoms with E-state index in [0.717, 1.165) is 0 Å². The molecule has 120 valence electrons. The lowest BCUT2D eigenvalue weighted by Crippen LogP contribution is -2.41. The van der Waals surface area contributed by atoms with Crippen molar-refractivity contribution < 1.29 is 17.6 Å². The Morgan fingerprint density at radius 2 is 1.70 bits per heavy atom. The molecule has 2 aromatic carbocycles. The molecule has 1 amide bonds. The maximum Gasteiger partial charge on any atom is 0.258 e. The summed E-state index contributed by atoms with van der Waals surface area (Å²) in [5.74, 6) is -0.681. The number of amides is 1. The van der Waals surface area contributed by atoms with Crippen molar-refractivity contribution in [1.82, 2.24) is 0 Å². The summed E-state index contributed by atoms with van der Waals surface area (Å²) < 4.78 is 36.8. The molecule has 4 nitrogen and oxygen atoms in total. The first-order valence-electron chi connectivity index (χ1n) is 7.31. The van der Waals surface area contributed by atoms with Crippen LogP contribution in [0.25, 0.3) is 0 Å². The molecule has 1 unspecified atom stereocenters. The first-order valence-corrected chi connectivity index (χ1v) is 9.13. The van der Waals surface area contributed by atoms with Gasteiger partial charge in [-0.15, -0.1) is 0 Å². The quantitative estimate of drug-likeness (QED) is 0.868. The van der Waals surface area contributed by atoms with Crippen LogP contribution in [0, 0.1) is 5.82 Å². The van der Waals surface area contributed by atoms with Gasteiger partial charge in [-0.05, 0) is 42.8 Å². The second-order valence-electron chi connectivity index (χ2n) is 5.57. The van der Waals surface area contributed by atoms with Gasteiger partial charge >= 0.3 is 0 Å². The van der Waals surface area contributed by atoms with Crippen molar-refractivity contribution in [2.45, 2.75) is 12.5 Å². The van der Waals surface area contributed by atoms with E-state index in [-0.39, 0.29) is 17.4 Å². The summed E-state index contributed by atoms with van der Waals surface area (Å²) in [6.07, 6.45) is 0.387. The number of anilines is 1. The number of sulfone groups is 1. The number of nitrogens with zero attached hydrogens (tertiary/aromatic N) is 1.